The summed E-state index contributed by atoms with van der Waals surface area (Å²) >= 11 is 0. The lowest BCUT2D eigenvalue weighted by Crippen LogP contribution is -2.72. The van der Waals surface area contributed by atoms with Crippen LogP contribution in [0.4, 0.5) is 4.79 Å². The highest BCUT2D eigenvalue weighted by Crippen LogP contribution is 2.53. The number of nitrogens with one attached hydrogen (secondary N) is 1. The fourth-order valence-corrected chi connectivity index (χ4v) is 11.7. The molecule has 45 heavy (non-hydrogen) atoms. The molecule has 0 bridgehead atoms. The maximum atomic E-state index is 14.9. The van der Waals surface area contributed by atoms with Gasteiger partial charge in [-0.15, -0.1) is 0 Å². The van der Waals surface area contributed by atoms with E-state index in [1.54, 1.807) is 0 Å². The Morgan fingerprint density at radius 2 is 1.00 bits per heavy atom. The lowest BCUT2D eigenvalue weighted by atomic mass is 9.65. The summed E-state index contributed by atoms with van der Waals surface area (Å²) < 4.78 is 0. The minimum atomic E-state index is -0.684. The summed E-state index contributed by atoms with van der Waals surface area (Å²) in [4.78, 5) is 17.0. The van der Waals surface area contributed by atoms with Crippen molar-refractivity contribution in [2.45, 2.75) is 221 Å². The topological polar surface area (TPSA) is 99.5 Å². The van der Waals surface area contributed by atoms with Gasteiger partial charge in [0, 0.05) is 34.2 Å². The van der Waals surface area contributed by atoms with Gasteiger partial charge in [-0.25, -0.2) is 4.79 Å². The molecular weight excluding hydrogens is 564 g/mol. The molecule has 6 aliphatic rings. The first-order valence-corrected chi connectivity index (χ1v) is 19.3. The number of hydroxylamine groups is 4. The summed E-state index contributed by atoms with van der Waals surface area (Å²) in [6.45, 7) is 4.11. The molecule has 4 saturated carbocycles. The van der Waals surface area contributed by atoms with Crippen molar-refractivity contribution in [1.29, 1.82) is 0 Å². The van der Waals surface area contributed by atoms with E-state index in [0.29, 0.717) is 6.42 Å². The summed E-state index contributed by atoms with van der Waals surface area (Å²) in [5.41, 5.74) is -1.79. The molecule has 0 radical (unpaired) electrons. The van der Waals surface area contributed by atoms with Crippen molar-refractivity contribution >= 4 is 6.03 Å². The number of nitrogens with zero attached hydrogens (tertiary/aromatic N) is 3. The Morgan fingerprint density at radius 3 is 1.33 bits per heavy atom. The predicted molar refractivity (Wildman–Crippen MR) is 177 cm³/mol. The number of hydrogen-bond donors (Lipinski definition) is 4. The fourth-order valence-electron chi connectivity index (χ4n) is 11.7. The van der Waals surface area contributed by atoms with Crippen LogP contribution in [0.15, 0.2) is 0 Å². The van der Waals surface area contributed by atoms with Crippen LogP contribution in [-0.4, -0.2) is 83.0 Å². The number of rotatable bonds is 5. The lowest BCUT2D eigenvalue weighted by Gasteiger charge is -2.61. The molecule has 8 heteroatoms. The molecule has 4 spiro atoms. The molecule has 0 aromatic heterocycles. The van der Waals surface area contributed by atoms with E-state index < -0.39 is 5.54 Å². The van der Waals surface area contributed by atoms with Crippen molar-refractivity contribution < 1.29 is 20.3 Å². The molecular formula is C37H66N4O4. The Bertz CT molecular complexity index is 962. The largest absolute Gasteiger partial charge is 0.394 e. The fraction of sp³-hybridized carbons (Fsp3) is 0.973. The van der Waals surface area contributed by atoms with Gasteiger partial charge in [0.1, 0.15) is 0 Å². The van der Waals surface area contributed by atoms with Crippen LogP contribution in [0, 0.1) is 0 Å². The Morgan fingerprint density at radius 1 is 0.667 bits per heavy atom. The van der Waals surface area contributed by atoms with Crippen molar-refractivity contribution in [2.24, 2.45) is 0 Å². The second-order valence-electron chi connectivity index (χ2n) is 17.1. The van der Waals surface area contributed by atoms with Gasteiger partial charge in [-0.1, -0.05) is 90.4 Å². The zero-order valence-electron chi connectivity index (χ0n) is 28.8. The van der Waals surface area contributed by atoms with Crippen molar-refractivity contribution in [1.82, 2.24) is 20.3 Å². The number of hydrogen-bond acceptors (Lipinski definition) is 6. The monoisotopic (exact) mass is 631 g/mol. The molecule has 0 aromatic carbocycles. The molecule has 2 saturated heterocycles. The van der Waals surface area contributed by atoms with Gasteiger partial charge in [-0.05, 0) is 90.4 Å². The van der Waals surface area contributed by atoms with Crippen LogP contribution in [0.3, 0.4) is 0 Å². The molecule has 2 atom stereocenters. The summed E-state index contributed by atoms with van der Waals surface area (Å²) in [5.74, 6) is 0. The molecule has 6 fully saturated rings. The minimum absolute atomic E-state index is 0.00723. The van der Waals surface area contributed by atoms with Crippen molar-refractivity contribution in [2.75, 3.05) is 6.61 Å². The highest BCUT2D eigenvalue weighted by Gasteiger charge is 2.58. The van der Waals surface area contributed by atoms with E-state index in [9.17, 15) is 20.3 Å². The maximum Gasteiger partial charge on any atom is 0.318 e. The number of urea groups is 1. The van der Waals surface area contributed by atoms with Gasteiger partial charge in [0.05, 0.1) is 12.1 Å². The molecule has 2 amide bonds. The third-order valence-corrected chi connectivity index (χ3v) is 14.3. The zero-order valence-corrected chi connectivity index (χ0v) is 28.8. The lowest BCUT2D eigenvalue weighted by molar-refractivity contribution is -0.284. The summed E-state index contributed by atoms with van der Waals surface area (Å²) in [6.07, 6.45) is 27.0. The van der Waals surface area contributed by atoms with Gasteiger partial charge in [0.25, 0.3) is 0 Å². The number of aliphatic hydroxyl groups is 1. The van der Waals surface area contributed by atoms with Crippen LogP contribution in [-0.2, 0) is 0 Å². The average molecular weight is 631 g/mol. The van der Waals surface area contributed by atoms with Crippen molar-refractivity contribution in [3.8, 4) is 0 Å². The Kier molecular flexibility index (Phi) is 10.2. The van der Waals surface area contributed by atoms with Crippen molar-refractivity contribution in [3.63, 3.8) is 0 Å². The van der Waals surface area contributed by atoms with Crippen LogP contribution in [0.25, 0.3) is 0 Å². The minimum Gasteiger partial charge on any atom is -0.394 e. The molecule has 8 nitrogen and oxygen atoms in total. The SMILES string of the molecule is CCC(C)(CO)N(C(=O)NC1CC2(CCCCC2)N(O)C2(CCCCC2)C1)C1CC2(CCCCCC2)N(O)C2(CCCCC2)C1. The molecule has 4 N–H and O–H groups in total. The van der Waals surface area contributed by atoms with E-state index in [0.717, 1.165) is 128 Å². The predicted octanol–water partition coefficient (Wildman–Crippen LogP) is 8.07. The number of piperidine rings is 2. The molecule has 2 unspecified atom stereocenters. The number of aliphatic hydroxyl groups excluding tert-OH is 1. The van der Waals surface area contributed by atoms with Crippen LogP contribution in [0.1, 0.15) is 181 Å². The molecule has 2 heterocycles. The van der Waals surface area contributed by atoms with E-state index >= 15 is 0 Å². The van der Waals surface area contributed by atoms with Gasteiger partial charge in [-0.3, -0.25) is 0 Å². The number of amides is 2. The number of carbonyl (C=O) groups excluding carboxylic acids is 1. The molecule has 4 aliphatic carbocycles. The Hall–Kier alpha value is -0.930. The average Bonchev–Trinajstić information content (AvgIpc) is 3.30. The standard InChI is InChI=1S/C37H66N4O4/c1-3-33(2,29-42)39(31-27-36(21-9-4-5-10-22-36)41(45)37(28-31)23-15-8-16-24-37)32(43)38-30-25-34(17-11-6-12-18-34)40(44)35(26-30)19-13-7-14-20-35/h30-31,42,44-45H,3-29H2,1-2H3,(H,38,43). The van der Waals surface area contributed by atoms with Crippen LogP contribution in [0.2, 0.25) is 0 Å². The van der Waals surface area contributed by atoms with Crippen molar-refractivity contribution in [3.05, 3.63) is 0 Å². The quantitative estimate of drug-likeness (QED) is 0.245. The van der Waals surface area contributed by atoms with Crippen LogP contribution >= 0.6 is 0 Å². The second-order valence-corrected chi connectivity index (χ2v) is 17.1. The van der Waals surface area contributed by atoms with Gasteiger partial charge in [0.15, 0.2) is 0 Å². The molecule has 2 aliphatic heterocycles. The molecule has 6 rings (SSSR count). The maximum absolute atomic E-state index is 14.9. The van der Waals surface area contributed by atoms with E-state index in [1.165, 1.54) is 32.1 Å². The van der Waals surface area contributed by atoms with E-state index in [4.69, 9.17) is 0 Å². The summed E-state index contributed by atoms with van der Waals surface area (Å²) in [6, 6.07) is -0.0625. The first-order valence-electron chi connectivity index (χ1n) is 19.3. The first-order chi connectivity index (χ1) is 21.7. The zero-order chi connectivity index (χ0) is 31.8. The van der Waals surface area contributed by atoms with E-state index in [1.807, 2.05) is 10.1 Å². The summed E-state index contributed by atoms with van der Waals surface area (Å²) in [5, 5.41) is 42.3. The third kappa shape index (κ3) is 6.22. The summed E-state index contributed by atoms with van der Waals surface area (Å²) in [7, 11) is 0. The first kappa shape index (κ1) is 34.0. The Balaban J connectivity index is 1.32. The third-order valence-electron chi connectivity index (χ3n) is 14.3. The Labute approximate surface area is 273 Å². The van der Waals surface area contributed by atoms with Gasteiger partial charge < -0.3 is 25.7 Å². The van der Waals surface area contributed by atoms with Gasteiger partial charge >= 0.3 is 6.03 Å². The highest BCUT2D eigenvalue weighted by atomic mass is 16.5. The number of carbonyl (C=O) groups is 1. The molecule has 258 valence electrons. The van der Waals surface area contributed by atoms with E-state index in [-0.39, 0.29) is 46.9 Å². The molecule has 0 aromatic rings. The highest BCUT2D eigenvalue weighted by molar-refractivity contribution is 5.76. The second kappa shape index (κ2) is 13.5. The van der Waals surface area contributed by atoms with E-state index in [2.05, 4.69) is 24.1 Å². The normalized spacial score (nSPS) is 33.1. The van der Waals surface area contributed by atoms with Crippen LogP contribution < -0.4 is 5.32 Å². The smallest absolute Gasteiger partial charge is 0.318 e. The van der Waals surface area contributed by atoms with Gasteiger partial charge in [-0.2, -0.15) is 10.1 Å². The van der Waals surface area contributed by atoms with Crippen LogP contribution in [0.5, 0.6) is 0 Å². The van der Waals surface area contributed by atoms with Gasteiger partial charge in [0.2, 0.25) is 0 Å².